The first-order valence-corrected chi connectivity index (χ1v) is 5.57. The number of benzene rings is 1. The van der Waals surface area contributed by atoms with Crippen LogP contribution >= 0.6 is 0 Å². The molecule has 4 N–H and O–H groups in total. The third-order valence-electron chi connectivity index (χ3n) is 2.74. The van der Waals surface area contributed by atoms with Gasteiger partial charge in [-0.3, -0.25) is 4.79 Å². The molecule has 0 heterocycles. The summed E-state index contributed by atoms with van der Waals surface area (Å²) in [5.41, 5.74) is 6.78. The average molecular weight is 233 g/mol. The van der Waals surface area contributed by atoms with E-state index in [1.807, 2.05) is 0 Å². The van der Waals surface area contributed by atoms with Crippen molar-refractivity contribution in [1.82, 2.24) is 0 Å². The molecule has 1 aliphatic rings. The van der Waals surface area contributed by atoms with Gasteiger partial charge in [0.15, 0.2) is 5.84 Å². The molecule has 90 valence electrons. The standard InChI is InChI=1S/C12H15N3O2/c13-12(15-17)9-3-5-10(6-4-9)14-11(16)7-8-1-2-8/h3-6,8,17H,1-2,7H2,(H2,13,15)(H,14,16). The van der Waals surface area contributed by atoms with Crippen LogP contribution in [0.25, 0.3) is 0 Å². The monoisotopic (exact) mass is 233 g/mol. The third-order valence-corrected chi connectivity index (χ3v) is 2.74. The molecule has 0 atom stereocenters. The second-order valence-electron chi connectivity index (χ2n) is 4.26. The maximum atomic E-state index is 11.5. The molecule has 1 aromatic carbocycles. The van der Waals surface area contributed by atoms with E-state index < -0.39 is 0 Å². The lowest BCUT2D eigenvalue weighted by Crippen LogP contribution is -2.14. The Bertz CT molecular complexity index is 436. The van der Waals surface area contributed by atoms with Crippen molar-refractivity contribution in [1.29, 1.82) is 0 Å². The van der Waals surface area contributed by atoms with Gasteiger partial charge in [-0.25, -0.2) is 0 Å². The molecule has 1 aliphatic carbocycles. The summed E-state index contributed by atoms with van der Waals surface area (Å²) >= 11 is 0. The molecular weight excluding hydrogens is 218 g/mol. The van der Waals surface area contributed by atoms with Crippen LogP contribution in [0.5, 0.6) is 0 Å². The summed E-state index contributed by atoms with van der Waals surface area (Å²) < 4.78 is 0. The second kappa shape index (κ2) is 4.86. The van der Waals surface area contributed by atoms with E-state index in [0.29, 0.717) is 17.9 Å². The smallest absolute Gasteiger partial charge is 0.224 e. The Morgan fingerprint density at radius 2 is 2.06 bits per heavy atom. The molecule has 5 nitrogen and oxygen atoms in total. The van der Waals surface area contributed by atoms with E-state index in [1.165, 1.54) is 0 Å². The van der Waals surface area contributed by atoms with Crippen LogP contribution in [-0.2, 0) is 4.79 Å². The molecule has 0 bridgehead atoms. The summed E-state index contributed by atoms with van der Waals surface area (Å²) in [4.78, 5) is 11.5. The molecule has 2 rings (SSSR count). The number of oxime groups is 1. The fourth-order valence-corrected chi connectivity index (χ4v) is 1.58. The first-order valence-electron chi connectivity index (χ1n) is 5.57. The van der Waals surface area contributed by atoms with E-state index in [0.717, 1.165) is 18.5 Å². The van der Waals surface area contributed by atoms with Gasteiger partial charge in [0.25, 0.3) is 0 Å². The van der Waals surface area contributed by atoms with Crippen molar-refractivity contribution >= 4 is 17.4 Å². The van der Waals surface area contributed by atoms with Gasteiger partial charge in [-0.2, -0.15) is 0 Å². The fraction of sp³-hybridized carbons (Fsp3) is 0.333. The number of hydrogen-bond donors (Lipinski definition) is 3. The Kier molecular flexibility index (Phi) is 3.27. The Hall–Kier alpha value is -2.04. The Balaban J connectivity index is 1.95. The first kappa shape index (κ1) is 11.4. The van der Waals surface area contributed by atoms with Crippen molar-refractivity contribution in [2.45, 2.75) is 19.3 Å². The lowest BCUT2D eigenvalue weighted by atomic mass is 10.2. The number of nitrogens with one attached hydrogen (secondary N) is 1. The maximum Gasteiger partial charge on any atom is 0.224 e. The number of nitrogens with zero attached hydrogens (tertiary/aromatic N) is 1. The Morgan fingerprint density at radius 3 is 2.59 bits per heavy atom. The number of rotatable bonds is 4. The third kappa shape index (κ3) is 3.21. The highest BCUT2D eigenvalue weighted by molar-refractivity contribution is 5.98. The highest BCUT2D eigenvalue weighted by Gasteiger charge is 2.24. The minimum Gasteiger partial charge on any atom is -0.409 e. The zero-order chi connectivity index (χ0) is 12.3. The lowest BCUT2D eigenvalue weighted by molar-refractivity contribution is -0.116. The number of hydrogen-bond acceptors (Lipinski definition) is 3. The normalized spacial score (nSPS) is 15.6. The number of nitrogens with two attached hydrogens (primary N) is 1. The zero-order valence-corrected chi connectivity index (χ0v) is 9.39. The van der Waals surface area contributed by atoms with Gasteiger partial charge < -0.3 is 16.3 Å². The van der Waals surface area contributed by atoms with Crippen LogP contribution in [0.15, 0.2) is 29.4 Å². The highest BCUT2D eigenvalue weighted by Crippen LogP contribution is 2.32. The number of carbonyl (C=O) groups is 1. The number of amides is 1. The van der Waals surface area contributed by atoms with Crippen LogP contribution in [0.1, 0.15) is 24.8 Å². The number of amidine groups is 1. The van der Waals surface area contributed by atoms with Crippen molar-refractivity contribution in [3.63, 3.8) is 0 Å². The molecule has 5 heteroatoms. The van der Waals surface area contributed by atoms with Crippen molar-refractivity contribution in [3.8, 4) is 0 Å². The van der Waals surface area contributed by atoms with E-state index in [4.69, 9.17) is 10.9 Å². The SMILES string of the molecule is NC(=NO)c1ccc(NC(=O)CC2CC2)cc1. The van der Waals surface area contributed by atoms with Gasteiger partial charge in [-0.1, -0.05) is 5.16 Å². The molecule has 1 aromatic rings. The minimum absolute atomic E-state index is 0.0454. The van der Waals surface area contributed by atoms with Gasteiger partial charge in [0.1, 0.15) is 0 Å². The molecule has 1 fully saturated rings. The summed E-state index contributed by atoms with van der Waals surface area (Å²) in [6.07, 6.45) is 2.92. The summed E-state index contributed by atoms with van der Waals surface area (Å²) in [7, 11) is 0. The molecule has 0 radical (unpaired) electrons. The van der Waals surface area contributed by atoms with Crippen LogP contribution in [0.3, 0.4) is 0 Å². The number of carbonyl (C=O) groups excluding carboxylic acids is 1. The van der Waals surface area contributed by atoms with Crippen LogP contribution in [0.4, 0.5) is 5.69 Å². The van der Waals surface area contributed by atoms with E-state index in [1.54, 1.807) is 24.3 Å². The Labute approximate surface area is 99.3 Å². The fourth-order valence-electron chi connectivity index (χ4n) is 1.58. The predicted molar refractivity (Wildman–Crippen MR) is 64.9 cm³/mol. The summed E-state index contributed by atoms with van der Waals surface area (Å²) in [5, 5.41) is 14.2. The quantitative estimate of drug-likeness (QED) is 0.319. The zero-order valence-electron chi connectivity index (χ0n) is 9.39. The summed E-state index contributed by atoms with van der Waals surface area (Å²) in [6, 6.07) is 6.86. The van der Waals surface area contributed by atoms with Crippen molar-refractivity contribution in [2.24, 2.45) is 16.8 Å². The first-order chi connectivity index (χ1) is 8.19. The summed E-state index contributed by atoms with van der Waals surface area (Å²) in [6.45, 7) is 0. The number of anilines is 1. The van der Waals surface area contributed by atoms with Crippen molar-refractivity contribution in [3.05, 3.63) is 29.8 Å². The van der Waals surface area contributed by atoms with Crippen molar-refractivity contribution < 1.29 is 10.0 Å². The molecule has 1 amide bonds. The van der Waals surface area contributed by atoms with E-state index in [2.05, 4.69) is 10.5 Å². The molecule has 17 heavy (non-hydrogen) atoms. The predicted octanol–water partition coefficient (Wildman–Crippen LogP) is 1.52. The van der Waals surface area contributed by atoms with E-state index in [-0.39, 0.29) is 11.7 Å². The van der Waals surface area contributed by atoms with Crippen molar-refractivity contribution in [2.75, 3.05) is 5.32 Å². The van der Waals surface area contributed by atoms with Crippen LogP contribution < -0.4 is 11.1 Å². The van der Waals surface area contributed by atoms with Crippen LogP contribution in [-0.4, -0.2) is 17.0 Å². The molecule has 0 aromatic heterocycles. The molecular formula is C12H15N3O2. The topological polar surface area (TPSA) is 87.7 Å². The van der Waals surface area contributed by atoms with Gasteiger partial charge in [0.2, 0.25) is 5.91 Å². The highest BCUT2D eigenvalue weighted by atomic mass is 16.4. The van der Waals surface area contributed by atoms with Gasteiger partial charge in [-0.15, -0.1) is 0 Å². The summed E-state index contributed by atoms with van der Waals surface area (Å²) in [5.74, 6) is 0.677. The van der Waals surface area contributed by atoms with Gasteiger partial charge >= 0.3 is 0 Å². The second-order valence-corrected chi connectivity index (χ2v) is 4.26. The molecule has 0 unspecified atom stereocenters. The molecule has 0 spiro atoms. The van der Waals surface area contributed by atoms with Gasteiger partial charge in [-0.05, 0) is 43.0 Å². The van der Waals surface area contributed by atoms with Crippen LogP contribution in [0.2, 0.25) is 0 Å². The van der Waals surface area contributed by atoms with Gasteiger partial charge in [0, 0.05) is 17.7 Å². The van der Waals surface area contributed by atoms with Gasteiger partial charge in [0.05, 0.1) is 0 Å². The molecule has 0 aliphatic heterocycles. The largest absolute Gasteiger partial charge is 0.409 e. The molecule has 1 saturated carbocycles. The van der Waals surface area contributed by atoms with E-state index in [9.17, 15) is 4.79 Å². The maximum absolute atomic E-state index is 11.5. The lowest BCUT2D eigenvalue weighted by Gasteiger charge is -2.05. The minimum atomic E-state index is 0.0454. The van der Waals surface area contributed by atoms with E-state index >= 15 is 0 Å². The average Bonchev–Trinajstić information content (AvgIpc) is 3.12. The molecule has 0 saturated heterocycles. The Morgan fingerprint density at radius 1 is 1.41 bits per heavy atom. The van der Waals surface area contributed by atoms with Crippen LogP contribution in [0, 0.1) is 5.92 Å².